The molecule has 16 heavy (non-hydrogen) atoms. The first kappa shape index (κ1) is 10.8. The first-order chi connectivity index (χ1) is 7.84. The molecule has 0 aliphatic heterocycles. The highest BCUT2D eigenvalue weighted by molar-refractivity contribution is 7.07. The molecule has 0 amide bonds. The molecule has 1 atom stereocenters. The van der Waals surface area contributed by atoms with Crippen molar-refractivity contribution in [1.29, 1.82) is 0 Å². The highest BCUT2D eigenvalue weighted by Crippen LogP contribution is 2.44. The molecule has 0 spiro atoms. The van der Waals surface area contributed by atoms with Crippen molar-refractivity contribution in [3.05, 3.63) is 22.4 Å². The van der Waals surface area contributed by atoms with Crippen molar-refractivity contribution in [1.82, 2.24) is 5.32 Å². The van der Waals surface area contributed by atoms with Crippen molar-refractivity contribution in [2.75, 3.05) is 6.54 Å². The first-order valence-corrected chi connectivity index (χ1v) is 7.54. The fraction of sp³-hybridized carbons (Fsp3) is 0.714. The molecule has 1 N–H and O–H groups in total. The Hall–Kier alpha value is -0.340. The first-order valence-electron chi connectivity index (χ1n) is 6.60. The van der Waals surface area contributed by atoms with Gasteiger partial charge in [0.15, 0.2) is 0 Å². The van der Waals surface area contributed by atoms with E-state index in [1.54, 1.807) is 0 Å². The van der Waals surface area contributed by atoms with E-state index in [0.29, 0.717) is 5.92 Å². The van der Waals surface area contributed by atoms with Gasteiger partial charge in [0.25, 0.3) is 0 Å². The summed E-state index contributed by atoms with van der Waals surface area (Å²) in [6.45, 7) is 3.50. The summed E-state index contributed by atoms with van der Waals surface area (Å²) in [6.07, 6.45) is 5.89. The van der Waals surface area contributed by atoms with Crippen molar-refractivity contribution in [3.8, 4) is 0 Å². The van der Waals surface area contributed by atoms with Gasteiger partial charge in [-0.1, -0.05) is 6.92 Å². The Morgan fingerprint density at radius 3 is 2.50 bits per heavy atom. The number of hydrogen-bond acceptors (Lipinski definition) is 2. The smallest absolute Gasteiger partial charge is 0.0124 e. The maximum Gasteiger partial charge on any atom is 0.0124 e. The Morgan fingerprint density at radius 2 is 2.00 bits per heavy atom. The van der Waals surface area contributed by atoms with Gasteiger partial charge >= 0.3 is 0 Å². The van der Waals surface area contributed by atoms with E-state index in [9.17, 15) is 0 Å². The normalized spacial score (nSPS) is 22.6. The predicted octanol–water partition coefficient (Wildman–Crippen LogP) is 3.63. The number of rotatable bonds is 6. The minimum atomic E-state index is 0.672. The van der Waals surface area contributed by atoms with Gasteiger partial charge in [0.05, 0.1) is 0 Å². The largest absolute Gasteiger partial charge is 0.313 e. The molecule has 0 bridgehead atoms. The Balaban J connectivity index is 1.51. The summed E-state index contributed by atoms with van der Waals surface area (Å²) in [5, 5.41) is 8.31. The minimum Gasteiger partial charge on any atom is -0.313 e. The molecule has 2 fully saturated rings. The van der Waals surface area contributed by atoms with Crippen molar-refractivity contribution in [3.63, 3.8) is 0 Å². The molecule has 2 heteroatoms. The summed E-state index contributed by atoms with van der Waals surface area (Å²) in [5.41, 5.74) is 1.50. The van der Waals surface area contributed by atoms with Crippen LogP contribution in [0, 0.1) is 11.8 Å². The summed E-state index contributed by atoms with van der Waals surface area (Å²) in [4.78, 5) is 0. The van der Waals surface area contributed by atoms with Crippen LogP contribution in [0.5, 0.6) is 0 Å². The maximum atomic E-state index is 3.84. The SMILES string of the molecule is CC(CNC(C1CC1)C1CC1)c1ccsc1. The monoisotopic (exact) mass is 235 g/mol. The highest BCUT2D eigenvalue weighted by Gasteiger charge is 2.41. The topological polar surface area (TPSA) is 12.0 Å². The van der Waals surface area contributed by atoms with Crippen LogP contribution in [0.25, 0.3) is 0 Å². The van der Waals surface area contributed by atoms with Gasteiger partial charge in [-0.05, 0) is 65.8 Å². The van der Waals surface area contributed by atoms with E-state index in [0.717, 1.165) is 24.4 Å². The Morgan fingerprint density at radius 1 is 1.31 bits per heavy atom. The molecule has 1 nitrogen and oxygen atoms in total. The van der Waals surface area contributed by atoms with Crippen LogP contribution in [-0.2, 0) is 0 Å². The van der Waals surface area contributed by atoms with Crippen molar-refractivity contribution < 1.29 is 0 Å². The second-order valence-electron chi connectivity index (χ2n) is 5.57. The van der Waals surface area contributed by atoms with Crippen LogP contribution in [0.1, 0.15) is 44.1 Å². The van der Waals surface area contributed by atoms with Crippen molar-refractivity contribution in [2.45, 2.75) is 44.6 Å². The zero-order valence-electron chi connectivity index (χ0n) is 9.99. The number of nitrogens with one attached hydrogen (secondary N) is 1. The quantitative estimate of drug-likeness (QED) is 0.794. The minimum absolute atomic E-state index is 0.672. The van der Waals surface area contributed by atoms with Gasteiger partial charge in [-0.3, -0.25) is 0 Å². The summed E-state index contributed by atoms with van der Waals surface area (Å²) in [5.74, 6) is 2.70. The molecular formula is C14H21NS. The van der Waals surface area contributed by atoms with Crippen LogP contribution < -0.4 is 5.32 Å². The molecule has 2 saturated carbocycles. The van der Waals surface area contributed by atoms with Crippen molar-refractivity contribution >= 4 is 11.3 Å². The molecule has 0 saturated heterocycles. The van der Waals surface area contributed by atoms with E-state index >= 15 is 0 Å². The Bertz CT molecular complexity index is 313. The van der Waals surface area contributed by atoms with Gasteiger partial charge in [-0.25, -0.2) is 0 Å². The van der Waals surface area contributed by atoms with E-state index in [2.05, 4.69) is 29.1 Å². The van der Waals surface area contributed by atoms with Gasteiger partial charge in [-0.15, -0.1) is 0 Å². The Labute approximate surface area is 102 Å². The molecule has 88 valence electrons. The van der Waals surface area contributed by atoms with Gasteiger partial charge in [0.1, 0.15) is 0 Å². The van der Waals surface area contributed by atoms with Gasteiger partial charge < -0.3 is 5.32 Å². The fourth-order valence-electron chi connectivity index (χ4n) is 2.62. The molecule has 1 unspecified atom stereocenters. The van der Waals surface area contributed by atoms with Crippen LogP contribution in [-0.4, -0.2) is 12.6 Å². The second kappa shape index (κ2) is 4.50. The van der Waals surface area contributed by atoms with E-state index in [4.69, 9.17) is 0 Å². The lowest BCUT2D eigenvalue weighted by molar-refractivity contribution is 0.407. The molecule has 1 aromatic heterocycles. The van der Waals surface area contributed by atoms with Crippen molar-refractivity contribution in [2.24, 2.45) is 11.8 Å². The Kier molecular flexibility index (Phi) is 3.03. The summed E-state index contributed by atoms with van der Waals surface area (Å²) in [7, 11) is 0. The van der Waals surface area contributed by atoms with Gasteiger partial charge in [0, 0.05) is 12.6 Å². The van der Waals surface area contributed by atoms with E-state index in [1.807, 2.05) is 11.3 Å². The summed E-state index contributed by atoms with van der Waals surface area (Å²) >= 11 is 1.81. The van der Waals surface area contributed by atoms with Crippen LogP contribution in [0.3, 0.4) is 0 Å². The van der Waals surface area contributed by atoms with Gasteiger partial charge in [-0.2, -0.15) is 11.3 Å². The molecule has 0 radical (unpaired) electrons. The third-order valence-electron chi connectivity index (χ3n) is 4.03. The molecule has 1 aromatic rings. The maximum absolute atomic E-state index is 3.84. The van der Waals surface area contributed by atoms with Crippen LogP contribution in [0.15, 0.2) is 16.8 Å². The van der Waals surface area contributed by atoms with Crippen LogP contribution in [0.2, 0.25) is 0 Å². The lowest BCUT2D eigenvalue weighted by Gasteiger charge is -2.20. The third kappa shape index (κ3) is 2.49. The lowest BCUT2D eigenvalue weighted by atomic mass is 10.0. The highest BCUT2D eigenvalue weighted by atomic mass is 32.1. The standard InChI is InChI=1S/C14H21NS/c1-10(13-6-7-16-9-13)8-15-14(11-2-3-11)12-4-5-12/h6-7,9-12,14-15H,2-5,8H2,1H3. The summed E-state index contributed by atoms with van der Waals surface area (Å²) < 4.78 is 0. The van der Waals surface area contributed by atoms with E-state index in [-0.39, 0.29) is 0 Å². The molecule has 3 rings (SSSR count). The van der Waals surface area contributed by atoms with E-state index in [1.165, 1.54) is 31.2 Å². The lowest BCUT2D eigenvalue weighted by Crippen LogP contribution is -2.35. The molecule has 2 aliphatic rings. The van der Waals surface area contributed by atoms with Gasteiger partial charge in [0.2, 0.25) is 0 Å². The van der Waals surface area contributed by atoms with Crippen LogP contribution >= 0.6 is 11.3 Å². The zero-order valence-corrected chi connectivity index (χ0v) is 10.8. The van der Waals surface area contributed by atoms with E-state index < -0.39 is 0 Å². The molecule has 2 aliphatic carbocycles. The summed E-state index contributed by atoms with van der Waals surface area (Å²) in [6, 6.07) is 3.11. The zero-order chi connectivity index (χ0) is 11.0. The molecular weight excluding hydrogens is 214 g/mol. The predicted molar refractivity (Wildman–Crippen MR) is 70.0 cm³/mol. The number of hydrogen-bond donors (Lipinski definition) is 1. The van der Waals surface area contributed by atoms with Crippen LogP contribution in [0.4, 0.5) is 0 Å². The molecule has 1 heterocycles. The molecule has 0 aromatic carbocycles. The fourth-order valence-corrected chi connectivity index (χ4v) is 3.40. The third-order valence-corrected chi connectivity index (χ3v) is 4.73. The average molecular weight is 235 g/mol. The number of thiophene rings is 1. The second-order valence-corrected chi connectivity index (χ2v) is 6.35. The average Bonchev–Trinajstić information content (AvgIpc) is 3.21.